The Morgan fingerprint density at radius 2 is 1.50 bits per heavy atom. The molecule has 5 heteroatoms. The average molecular weight is 245 g/mol. The van der Waals surface area contributed by atoms with E-state index in [1.54, 1.807) is 12.1 Å². The molecule has 0 saturated heterocycles. The van der Waals surface area contributed by atoms with Crippen molar-refractivity contribution in [3.63, 3.8) is 0 Å². The first-order chi connectivity index (χ1) is 8.56. The maximum Gasteiger partial charge on any atom is 0.131 e. The molecule has 0 unspecified atom stereocenters. The Labute approximate surface area is 103 Å². The van der Waals surface area contributed by atoms with Crippen LogP contribution in [0.4, 0.5) is 5.69 Å². The SMILES string of the molecule is Oc1cccc(N=Cc2c(O)cc(O)cc2O)c1. The monoisotopic (exact) mass is 245 g/mol. The smallest absolute Gasteiger partial charge is 0.131 e. The Morgan fingerprint density at radius 1 is 0.833 bits per heavy atom. The van der Waals surface area contributed by atoms with E-state index in [-0.39, 0.29) is 28.6 Å². The molecule has 4 N–H and O–H groups in total. The van der Waals surface area contributed by atoms with Gasteiger partial charge in [0.15, 0.2) is 0 Å². The first kappa shape index (κ1) is 11.8. The van der Waals surface area contributed by atoms with Crippen LogP contribution in [0, 0.1) is 0 Å². The normalized spacial score (nSPS) is 10.9. The van der Waals surface area contributed by atoms with Crippen LogP contribution in [0.3, 0.4) is 0 Å². The zero-order chi connectivity index (χ0) is 13.1. The van der Waals surface area contributed by atoms with E-state index in [1.165, 1.54) is 18.3 Å². The van der Waals surface area contributed by atoms with Crippen molar-refractivity contribution < 1.29 is 20.4 Å². The summed E-state index contributed by atoms with van der Waals surface area (Å²) in [6.45, 7) is 0. The largest absolute Gasteiger partial charge is 0.508 e. The molecule has 2 aromatic carbocycles. The summed E-state index contributed by atoms with van der Waals surface area (Å²) < 4.78 is 0. The van der Waals surface area contributed by atoms with Gasteiger partial charge in [0, 0.05) is 24.4 Å². The summed E-state index contributed by atoms with van der Waals surface area (Å²) in [6.07, 6.45) is 1.25. The second kappa shape index (κ2) is 4.67. The standard InChI is InChI=1S/C13H11NO4/c15-9-3-1-2-8(4-9)14-7-11-12(17)5-10(16)6-13(11)18/h1-7,15-18H. The van der Waals surface area contributed by atoms with Gasteiger partial charge in [0.25, 0.3) is 0 Å². The van der Waals surface area contributed by atoms with Gasteiger partial charge in [-0.05, 0) is 12.1 Å². The molecule has 92 valence electrons. The topological polar surface area (TPSA) is 93.3 Å². The van der Waals surface area contributed by atoms with Gasteiger partial charge in [0.2, 0.25) is 0 Å². The number of nitrogens with zero attached hydrogens (tertiary/aromatic N) is 1. The minimum Gasteiger partial charge on any atom is -0.508 e. The van der Waals surface area contributed by atoms with Gasteiger partial charge in [0.1, 0.15) is 23.0 Å². The lowest BCUT2D eigenvalue weighted by Gasteiger charge is -2.03. The van der Waals surface area contributed by atoms with Crippen LogP contribution in [0.15, 0.2) is 41.4 Å². The Kier molecular flexibility index (Phi) is 3.05. The maximum absolute atomic E-state index is 9.54. The van der Waals surface area contributed by atoms with E-state index in [9.17, 15) is 15.3 Å². The second-order valence-corrected chi connectivity index (χ2v) is 3.68. The predicted octanol–water partition coefficient (Wildman–Crippen LogP) is 2.26. The van der Waals surface area contributed by atoms with E-state index in [4.69, 9.17) is 5.11 Å². The lowest BCUT2D eigenvalue weighted by atomic mass is 10.2. The number of aliphatic imine (C=N–C) groups is 1. The Bertz CT molecular complexity index is 585. The van der Waals surface area contributed by atoms with Crippen molar-refractivity contribution in [2.45, 2.75) is 0 Å². The van der Waals surface area contributed by atoms with Gasteiger partial charge < -0.3 is 20.4 Å². The van der Waals surface area contributed by atoms with Crippen LogP contribution in [0.1, 0.15) is 5.56 Å². The molecular formula is C13H11NO4. The van der Waals surface area contributed by atoms with E-state index in [0.717, 1.165) is 12.1 Å². The summed E-state index contributed by atoms with van der Waals surface area (Å²) >= 11 is 0. The molecule has 2 aromatic rings. The molecule has 0 radical (unpaired) electrons. The summed E-state index contributed by atoms with van der Waals surface area (Å²) in [5.74, 6) is -0.726. The van der Waals surface area contributed by atoms with Gasteiger partial charge >= 0.3 is 0 Å². The van der Waals surface area contributed by atoms with Crippen LogP contribution in [0.25, 0.3) is 0 Å². The van der Waals surface area contributed by atoms with Crippen molar-refractivity contribution in [3.8, 4) is 23.0 Å². The number of aromatic hydroxyl groups is 4. The van der Waals surface area contributed by atoms with E-state index in [0.29, 0.717) is 5.69 Å². The molecule has 18 heavy (non-hydrogen) atoms. The summed E-state index contributed by atoms with van der Waals surface area (Å²) in [5, 5.41) is 37.5. The van der Waals surface area contributed by atoms with Gasteiger partial charge in [-0.3, -0.25) is 4.99 Å². The van der Waals surface area contributed by atoms with Gasteiger partial charge in [-0.25, -0.2) is 0 Å². The highest BCUT2D eigenvalue weighted by Crippen LogP contribution is 2.31. The first-order valence-electron chi connectivity index (χ1n) is 5.14. The molecule has 0 bridgehead atoms. The van der Waals surface area contributed by atoms with Crippen LogP contribution in [-0.2, 0) is 0 Å². The molecule has 0 fully saturated rings. The Hall–Kier alpha value is -2.69. The van der Waals surface area contributed by atoms with Crippen molar-refractivity contribution in [3.05, 3.63) is 42.0 Å². The summed E-state index contributed by atoms with van der Waals surface area (Å²) in [5.41, 5.74) is 0.568. The fourth-order valence-electron chi connectivity index (χ4n) is 1.45. The summed E-state index contributed by atoms with van der Waals surface area (Å²) in [6, 6.07) is 8.43. The molecule has 0 spiro atoms. The molecule has 0 heterocycles. The molecule has 0 aliphatic heterocycles. The third-order valence-electron chi connectivity index (χ3n) is 2.29. The van der Waals surface area contributed by atoms with Crippen molar-refractivity contribution >= 4 is 11.9 Å². The van der Waals surface area contributed by atoms with Gasteiger partial charge in [0.05, 0.1) is 11.3 Å². The quantitative estimate of drug-likeness (QED) is 0.610. The Morgan fingerprint density at radius 3 is 2.11 bits per heavy atom. The van der Waals surface area contributed by atoms with Crippen molar-refractivity contribution in [2.75, 3.05) is 0 Å². The van der Waals surface area contributed by atoms with Crippen LogP contribution in [0.2, 0.25) is 0 Å². The van der Waals surface area contributed by atoms with Gasteiger partial charge in [-0.2, -0.15) is 0 Å². The van der Waals surface area contributed by atoms with E-state index >= 15 is 0 Å². The fourth-order valence-corrected chi connectivity index (χ4v) is 1.45. The van der Waals surface area contributed by atoms with Gasteiger partial charge in [-0.1, -0.05) is 6.07 Å². The predicted molar refractivity (Wildman–Crippen MR) is 66.8 cm³/mol. The highest BCUT2D eigenvalue weighted by molar-refractivity contribution is 5.89. The zero-order valence-electron chi connectivity index (χ0n) is 9.28. The number of hydrogen-bond donors (Lipinski definition) is 4. The number of rotatable bonds is 2. The molecule has 2 rings (SSSR count). The van der Waals surface area contributed by atoms with E-state index in [2.05, 4.69) is 4.99 Å². The first-order valence-corrected chi connectivity index (χ1v) is 5.14. The zero-order valence-corrected chi connectivity index (χ0v) is 9.28. The van der Waals surface area contributed by atoms with Crippen LogP contribution < -0.4 is 0 Å². The fraction of sp³-hybridized carbons (Fsp3) is 0. The molecule has 0 aliphatic rings. The lowest BCUT2D eigenvalue weighted by Crippen LogP contribution is -1.84. The highest BCUT2D eigenvalue weighted by atomic mass is 16.3. The van der Waals surface area contributed by atoms with E-state index in [1.807, 2.05) is 0 Å². The molecule has 0 atom stereocenters. The minimum atomic E-state index is -0.281. The summed E-state index contributed by atoms with van der Waals surface area (Å²) in [7, 11) is 0. The molecular weight excluding hydrogens is 234 g/mol. The molecule has 0 saturated carbocycles. The molecule has 0 aromatic heterocycles. The molecule has 5 nitrogen and oxygen atoms in total. The lowest BCUT2D eigenvalue weighted by molar-refractivity contribution is 0.427. The van der Waals surface area contributed by atoms with Crippen LogP contribution in [-0.4, -0.2) is 26.6 Å². The number of hydrogen-bond acceptors (Lipinski definition) is 5. The molecule has 0 amide bonds. The van der Waals surface area contributed by atoms with E-state index < -0.39 is 0 Å². The van der Waals surface area contributed by atoms with Crippen LogP contribution >= 0.6 is 0 Å². The van der Waals surface area contributed by atoms with Crippen molar-refractivity contribution in [1.82, 2.24) is 0 Å². The average Bonchev–Trinajstić information content (AvgIpc) is 2.27. The second-order valence-electron chi connectivity index (χ2n) is 3.68. The minimum absolute atomic E-state index is 0.0730. The maximum atomic E-state index is 9.54. The number of phenolic OH excluding ortho intramolecular Hbond substituents is 4. The molecule has 0 aliphatic carbocycles. The highest BCUT2D eigenvalue weighted by Gasteiger charge is 2.07. The van der Waals surface area contributed by atoms with Crippen molar-refractivity contribution in [1.29, 1.82) is 0 Å². The van der Waals surface area contributed by atoms with Gasteiger partial charge in [-0.15, -0.1) is 0 Å². The van der Waals surface area contributed by atoms with Crippen molar-refractivity contribution in [2.24, 2.45) is 4.99 Å². The number of phenols is 4. The third-order valence-corrected chi connectivity index (χ3v) is 2.29. The number of benzene rings is 2. The third kappa shape index (κ3) is 2.52. The summed E-state index contributed by atoms with van der Waals surface area (Å²) in [4.78, 5) is 4.00. The van der Waals surface area contributed by atoms with Crippen LogP contribution in [0.5, 0.6) is 23.0 Å². The Balaban J connectivity index is 2.35.